The number of primary amides is 1. The van der Waals surface area contributed by atoms with Gasteiger partial charge in [0.15, 0.2) is 11.5 Å². The van der Waals surface area contributed by atoms with Crippen molar-refractivity contribution in [1.29, 1.82) is 0 Å². The molecule has 7 heteroatoms. The molecule has 0 bridgehead atoms. The van der Waals surface area contributed by atoms with Gasteiger partial charge in [0.05, 0.1) is 0 Å². The molecule has 1 aromatic rings. The van der Waals surface area contributed by atoms with Crippen LogP contribution in [-0.2, 0) is 0 Å². The highest BCUT2D eigenvalue weighted by molar-refractivity contribution is 5.90. The maximum atomic E-state index is 11.0. The maximum Gasteiger partial charge on any atom is 0.269 e. The van der Waals surface area contributed by atoms with Crippen LogP contribution in [-0.4, -0.2) is 59.3 Å². The van der Waals surface area contributed by atoms with E-state index < -0.39 is 5.91 Å². The number of hydrogen-bond acceptors (Lipinski definition) is 6. The Hall–Kier alpha value is -1.73. The molecule has 114 valence electrons. The topological polar surface area (TPSA) is 101 Å². The van der Waals surface area contributed by atoms with Gasteiger partial charge >= 0.3 is 0 Å². The molecule has 1 unspecified atom stereocenters. The highest BCUT2D eigenvalue weighted by Crippen LogP contribution is 2.23. The Balaban J connectivity index is 1.60. The molecule has 7 nitrogen and oxygen atoms in total. The molecule has 0 aliphatic carbocycles. The first-order chi connectivity index (χ1) is 10.1. The van der Waals surface area contributed by atoms with Crippen LogP contribution in [0.2, 0.25) is 0 Å². The molecule has 1 aromatic heterocycles. The molecule has 4 N–H and O–H groups in total. The van der Waals surface area contributed by atoms with Crippen LogP contribution in [0.5, 0.6) is 0 Å². The molecule has 21 heavy (non-hydrogen) atoms. The number of carbonyl (C=O) groups is 1. The van der Waals surface area contributed by atoms with Gasteiger partial charge in [0, 0.05) is 25.2 Å². The summed E-state index contributed by atoms with van der Waals surface area (Å²) in [6.07, 6.45) is 3.31. The second kappa shape index (κ2) is 5.95. The first-order valence-corrected chi connectivity index (χ1v) is 7.51. The number of carbonyl (C=O) groups excluding carboxylic acids is 1. The van der Waals surface area contributed by atoms with Gasteiger partial charge < -0.3 is 16.4 Å². The van der Waals surface area contributed by atoms with Crippen LogP contribution < -0.4 is 16.4 Å². The van der Waals surface area contributed by atoms with Crippen LogP contribution in [0.25, 0.3) is 0 Å². The van der Waals surface area contributed by atoms with Crippen molar-refractivity contribution in [2.45, 2.75) is 31.3 Å². The number of piperidine rings is 1. The summed E-state index contributed by atoms with van der Waals surface area (Å²) in [7, 11) is 0. The van der Waals surface area contributed by atoms with Crippen LogP contribution in [0.4, 0.5) is 5.82 Å². The van der Waals surface area contributed by atoms with E-state index in [0.717, 1.165) is 51.3 Å². The molecule has 2 aliphatic rings. The summed E-state index contributed by atoms with van der Waals surface area (Å²) in [4.78, 5) is 15.8. The third kappa shape index (κ3) is 3.14. The Morgan fingerprint density at radius 1 is 1.14 bits per heavy atom. The number of rotatable bonds is 3. The summed E-state index contributed by atoms with van der Waals surface area (Å²) in [5.41, 5.74) is 11.3. The van der Waals surface area contributed by atoms with Crippen molar-refractivity contribution in [3.8, 4) is 0 Å². The smallest absolute Gasteiger partial charge is 0.269 e. The first kappa shape index (κ1) is 14.2. The van der Waals surface area contributed by atoms with E-state index in [0.29, 0.717) is 12.1 Å². The molecular formula is C14H22N6O. The molecule has 3 rings (SSSR count). The Morgan fingerprint density at radius 3 is 2.52 bits per heavy atom. The van der Waals surface area contributed by atoms with E-state index in [4.69, 9.17) is 11.5 Å². The predicted octanol–water partition coefficient (Wildman–Crippen LogP) is -0.423. The van der Waals surface area contributed by atoms with Gasteiger partial charge in [0.1, 0.15) is 0 Å². The summed E-state index contributed by atoms with van der Waals surface area (Å²) in [5, 5.41) is 7.98. The van der Waals surface area contributed by atoms with Gasteiger partial charge in [0.25, 0.3) is 5.91 Å². The zero-order valence-corrected chi connectivity index (χ0v) is 12.1. The van der Waals surface area contributed by atoms with Gasteiger partial charge in [-0.25, -0.2) is 0 Å². The van der Waals surface area contributed by atoms with Crippen LogP contribution in [0, 0.1) is 0 Å². The number of nitrogens with two attached hydrogens (primary N) is 2. The standard InChI is InChI=1S/C14H22N6O/c15-10-3-6-19(7-4-10)11-5-8-20(9-11)13-2-1-12(14(16)21)17-18-13/h1-2,10-11H,3-9,15H2,(H2,16,21). The Bertz CT molecular complexity index is 497. The van der Waals surface area contributed by atoms with Crippen LogP contribution in [0.15, 0.2) is 12.1 Å². The third-order valence-corrected chi connectivity index (χ3v) is 4.48. The zero-order valence-electron chi connectivity index (χ0n) is 12.1. The van der Waals surface area contributed by atoms with Gasteiger partial charge in [-0.15, -0.1) is 10.2 Å². The summed E-state index contributed by atoms with van der Waals surface area (Å²) < 4.78 is 0. The Morgan fingerprint density at radius 2 is 1.90 bits per heavy atom. The lowest BCUT2D eigenvalue weighted by Gasteiger charge is -2.34. The fourth-order valence-electron chi connectivity index (χ4n) is 3.16. The Labute approximate surface area is 124 Å². The first-order valence-electron chi connectivity index (χ1n) is 7.51. The summed E-state index contributed by atoms with van der Waals surface area (Å²) in [6, 6.07) is 4.39. The number of likely N-dealkylation sites (tertiary alicyclic amines) is 1. The minimum atomic E-state index is -0.544. The molecule has 0 aromatic carbocycles. The lowest BCUT2D eigenvalue weighted by molar-refractivity contribution is 0.0994. The van der Waals surface area contributed by atoms with E-state index in [1.807, 2.05) is 6.07 Å². The van der Waals surface area contributed by atoms with Crippen molar-refractivity contribution in [1.82, 2.24) is 15.1 Å². The molecule has 2 aliphatic heterocycles. The number of nitrogens with zero attached hydrogens (tertiary/aromatic N) is 4. The zero-order chi connectivity index (χ0) is 14.8. The lowest BCUT2D eigenvalue weighted by Crippen LogP contribution is -2.46. The van der Waals surface area contributed by atoms with E-state index in [1.54, 1.807) is 6.07 Å². The molecule has 1 amide bonds. The number of amides is 1. The average molecular weight is 290 g/mol. The number of anilines is 1. The second-order valence-corrected chi connectivity index (χ2v) is 5.90. The third-order valence-electron chi connectivity index (χ3n) is 4.48. The molecule has 2 saturated heterocycles. The highest BCUT2D eigenvalue weighted by Gasteiger charge is 2.30. The number of hydrogen-bond donors (Lipinski definition) is 2. The van der Waals surface area contributed by atoms with Crippen LogP contribution in [0.3, 0.4) is 0 Å². The van der Waals surface area contributed by atoms with Crippen molar-refractivity contribution in [3.05, 3.63) is 17.8 Å². The summed E-state index contributed by atoms with van der Waals surface area (Å²) in [6.45, 7) is 4.11. The largest absolute Gasteiger partial charge is 0.364 e. The van der Waals surface area contributed by atoms with Gasteiger partial charge in [-0.3, -0.25) is 9.69 Å². The van der Waals surface area contributed by atoms with Crippen LogP contribution in [0.1, 0.15) is 29.8 Å². The molecule has 2 fully saturated rings. The van der Waals surface area contributed by atoms with Gasteiger partial charge in [-0.05, 0) is 44.5 Å². The van der Waals surface area contributed by atoms with Crippen LogP contribution >= 0.6 is 0 Å². The molecule has 3 heterocycles. The summed E-state index contributed by atoms with van der Waals surface area (Å²) in [5.74, 6) is 0.272. The molecule has 0 saturated carbocycles. The fourth-order valence-corrected chi connectivity index (χ4v) is 3.16. The van der Waals surface area contributed by atoms with E-state index in [2.05, 4.69) is 20.0 Å². The monoisotopic (exact) mass is 290 g/mol. The van der Waals surface area contributed by atoms with Crippen molar-refractivity contribution in [3.63, 3.8) is 0 Å². The van der Waals surface area contributed by atoms with Crippen molar-refractivity contribution in [2.75, 3.05) is 31.1 Å². The normalized spacial score (nSPS) is 24.4. The van der Waals surface area contributed by atoms with Gasteiger partial charge in [0.2, 0.25) is 0 Å². The van der Waals surface area contributed by atoms with E-state index in [9.17, 15) is 4.79 Å². The highest BCUT2D eigenvalue weighted by atomic mass is 16.1. The quantitative estimate of drug-likeness (QED) is 0.784. The van der Waals surface area contributed by atoms with E-state index in [1.165, 1.54) is 0 Å². The minimum Gasteiger partial charge on any atom is -0.364 e. The van der Waals surface area contributed by atoms with E-state index in [-0.39, 0.29) is 5.69 Å². The van der Waals surface area contributed by atoms with E-state index >= 15 is 0 Å². The molecule has 0 spiro atoms. The maximum absolute atomic E-state index is 11.0. The number of aromatic nitrogens is 2. The molecule has 1 atom stereocenters. The average Bonchev–Trinajstić information content (AvgIpc) is 2.98. The van der Waals surface area contributed by atoms with Gasteiger partial charge in [-0.2, -0.15) is 0 Å². The Kier molecular flexibility index (Phi) is 4.03. The van der Waals surface area contributed by atoms with Crippen molar-refractivity contribution >= 4 is 11.7 Å². The van der Waals surface area contributed by atoms with Crippen molar-refractivity contribution in [2.24, 2.45) is 11.5 Å². The molecular weight excluding hydrogens is 268 g/mol. The summed E-state index contributed by atoms with van der Waals surface area (Å²) >= 11 is 0. The SMILES string of the molecule is NC(=O)c1ccc(N2CCC(N3CCC(N)CC3)C2)nn1. The fraction of sp³-hybridized carbons (Fsp3) is 0.643. The predicted molar refractivity (Wildman–Crippen MR) is 80.0 cm³/mol. The lowest BCUT2D eigenvalue weighted by atomic mass is 10.0. The molecule has 0 radical (unpaired) electrons. The second-order valence-electron chi connectivity index (χ2n) is 5.90. The van der Waals surface area contributed by atoms with Gasteiger partial charge in [-0.1, -0.05) is 0 Å². The minimum absolute atomic E-state index is 0.208. The van der Waals surface area contributed by atoms with Crippen molar-refractivity contribution < 1.29 is 4.79 Å².